The fourth-order valence-corrected chi connectivity index (χ4v) is 2.23. The van der Waals surface area contributed by atoms with Crippen molar-refractivity contribution in [1.82, 2.24) is 19.7 Å². The van der Waals surface area contributed by atoms with E-state index < -0.39 is 17.5 Å². The second kappa shape index (κ2) is 5.64. The quantitative estimate of drug-likeness (QED) is 0.852. The van der Waals surface area contributed by atoms with Crippen molar-refractivity contribution in [3.05, 3.63) is 49.4 Å². The highest BCUT2D eigenvalue weighted by Gasteiger charge is 2.51. The molecule has 0 aromatic carbocycles. The predicted molar refractivity (Wildman–Crippen MR) is 80.6 cm³/mol. The minimum Gasteiger partial charge on any atom is -0.331 e. The van der Waals surface area contributed by atoms with Gasteiger partial charge in [-0.25, -0.2) is 14.1 Å². The molecule has 1 aliphatic heterocycles. The van der Waals surface area contributed by atoms with Crippen LogP contribution in [0.4, 0.5) is 10.1 Å². The molecule has 0 radical (unpaired) electrons. The number of hydrogen-bond acceptors (Lipinski definition) is 4. The second-order valence-corrected chi connectivity index (χ2v) is 5.18. The van der Waals surface area contributed by atoms with Crippen LogP contribution in [0.5, 0.6) is 0 Å². The van der Waals surface area contributed by atoms with Crippen molar-refractivity contribution in [2.75, 3.05) is 18.4 Å². The molecule has 1 aliphatic rings. The molecule has 3 heterocycles. The number of pyridine rings is 1. The predicted octanol–water partition coefficient (Wildman–Crippen LogP) is 0.942. The van der Waals surface area contributed by atoms with Gasteiger partial charge in [0.15, 0.2) is 5.82 Å². The van der Waals surface area contributed by atoms with Crippen molar-refractivity contribution in [1.29, 1.82) is 0 Å². The molecule has 7 nitrogen and oxygen atoms in total. The van der Waals surface area contributed by atoms with Gasteiger partial charge in [0.1, 0.15) is 0 Å². The van der Waals surface area contributed by atoms with Gasteiger partial charge in [-0.1, -0.05) is 12.6 Å². The largest absolute Gasteiger partial charge is 0.331 e. The maximum atomic E-state index is 14.4. The molecule has 0 atom stereocenters. The SMILES string of the molecule is C=CC(=O)N1CC(F)(C(=O)Nc2cnn(-c3ccccn3)c2)C1. The summed E-state index contributed by atoms with van der Waals surface area (Å²) in [4.78, 5) is 28.7. The average molecular weight is 315 g/mol. The molecule has 0 bridgehead atoms. The minimum atomic E-state index is -2.09. The van der Waals surface area contributed by atoms with Crippen LogP contribution in [0.1, 0.15) is 0 Å². The highest BCUT2D eigenvalue weighted by molar-refractivity contribution is 6.00. The van der Waals surface area contributed by atoms with Crippen LogP contribution in [0.15, 0.2) is 49.4 Å². The van der Waals surface area contributed by atoms with Gasteiger partial charge in [0, 0.05) is 6.20 Å². The van der Waals surface area contributed by atoms with Crippen LogP contribution in [-0.2, 0) is 9.59 Å². The Hall–Kier alpha value is -3.03. The summed E-state index contributed by atoms with van der Waals surface area (Å²) in [5, 5.41) is 6.52. The van der Waals surface area contributed by atoms with Crippen molar-refractivity contribution in [2.45, 2.75) is 5.67 Å². The van der Waals surface area contributed by atoms with E-state index in [2.05, 4.69) is 22.0 Å². The number of carbonyl (C=O) groups is 2. The van der Waals surface area contributed by atoms with Gasteiger partial charge in [-0.15, -0.1) is 0 Å². The Bertz CT molecular complexity index is 752. The lowest BCUT2D eigenvalue weighted by Crippen LogP contribution is -2.65. The lowest BCUT2D eigenvalue weighted by Gasteiger charge is -2.42. The maximum absolute atomic E-state index is 14.4. The van der Waals surface area contributed by atoms with E-state index in [1.165, 1.54) is 22.0 Å². The molecular weight excluding hydrogens is 301 g/mol. The zero-order chi connectivity index (χ0) is 16.4. The van der Waals surface area contributed by atoms with Crippen LogP contribution in [0.2, 0.25) is 0 Å². The van der Waals surface area contributed by atoms with Gasteiger partial charge in [0.25, 0.3) is 5.91 Å². The van der Waals surface area contributed by atoms with Gasteiger partial charge >= 0.3 is 0 Å². The first kappa shape index (κ1) is 14.9. The van der Waals surface area contributed by atoms with Crippen LogP contribution >= 0.6 is 0 Å². The summed E-state index contributed by atoms with van der Waals surface area (Å²) >= 11 is 0. The van der Waals surface area contributed by atoms with Gasteiger partial charge in [-0.05, 0) is 18.2 Å². The second-order valence-electron chi connectivity index (χ2n) is 5.18. The van der Waals surface area contributed by atoms with E-state index in [-0.39, 0.29) is 13.1 Å². The van der Waals surface area contributed by atoms with Crippen LogP contribution < -0.4 is 5.32 Å². The summed E-state index contributed by atoms with van der Waals surface area (Å²) in [5.41, 5.74) is -1.74. The Balaban J connectivity index is 1.64. The van der Waals surface area contributed by atoms with Crippen molar-refractivity contribution in [3.63, 3.8) is 0 Å². The van der Waals surface area contributed by atoms with Crippen LogP contribution in [-0.4, -0.2) is 50.2 Å². The first-order valence-corrected chi connectivity index (χ1v) is 6.90. The van der Waals surface area contributed by atoms with E-state index in [0.717, 1.165) is 6.08 Å². The lowest BCUT2D eigenvalue weighted by molar-refractivity contribution is -0.150. The normalized spacial score (nSPS) is 15.6. The molecule has 3 rings (SSSR count). The molecule has 2 aromatic heterocycles. The van der Waals surface area contributed by atoms with Gasteiger partial charge in [0.05, 0.1) is 31.2 Å². The first-order valence-electron chi connectivity index (χ1n) is 6.90. The van der Waals surface area contributed by atoms with E-state index in [4.69, 9.17) is 0 Å². The summed E-state index contributed by atoms with van der Waals surface area (Å²) in [6.07, 6.45) is 5.65. The molecule has 118 valence electrons. The monoisotopic (exact) mass is 315 g/mol. The standard InChI is InChI=1S/C15H14FN5O2/c1-2-13(22)20-9-15(16,10-20)14(23)19-11-7-18-21(8-11)12-5-3-4-6-17-12/h2-8H,1,9-10H2,(H,19,23). The molecule has 2 aromatic rings. The van der Waals surface area contributed by atoms with Crippen molar-refractivity contribution < 1.29 is 14.0 Å². The van der Waals surface area contributed by atoms with E-state index in [1.54, 1.807) is 24.4 Å². The topological polar surface area (TPSA) is 80.1 Å². The molecule has 1 saturated heterocycles. The third-order valence-electron chi connectivity index (χ3n) is 3.50. The van der Waals surface area contributed by atoms with E-state index in [0.29, 0.717) is 11.5 Å². The number of alkyl halides is 1. The van der Waals surface area contributed by atoms with E-state index >= 15 is 0 Å². The Morgan fingerprint density at radius 3 is 2.83 bits per heavy atom. The molecular formula is C15H14FN5O2. The zero-order valence-corrected chi connectivity index (χ0v) is 12.1. The van der Waals surface area contributed by atoms with Gasteiger partial charge in [0.2, 0.25) is 11.6 Å². The van der Waals surface area contributed by atoms with Crippen LogP contribution in [0.3, 0.4) is 0 Å². The maximum Gasteiger partial charge on any atom is 0.265 e. The number of carbonyl (C=O) groups excluding carboxylic acids is 2. The lowest BCUT2D eigenvalue weighted by atomic mass is 9.95. The number of nitrogens with zero attached hydrogens (tertiary/aromatic N) is 4. The number of aromatic nitrogens is 3. The Kier molecular flexibility index (Phi) is 3.65. The summed E-state index contributed by atoms with van der Waals surface area (Å²) < 4.78 is 15.8. The van der Waals surface area contributed by atoms with Crippen LogP contribution in [0.25, 0.3) is 5.82 Å². The van der Waals surface area contributed by atoms with Crippen molar-refractivity contribution in [2.24, 2.45) is 0 Å². The van der Waals surface area contributed by atoms with Crippen molar-refractivity contribution in [3.8, 4) is 5.82 Å². The summed E-state index contributed by atoms with van der Waals surface area (Å²) in [5.74, 6) is -0.616. The fraction of sp³-hybridized carbons (Fsp3) is 0.200. The first-order chi connectivity index (χ1) is 11.0. The third kappa shape index (κ3) is 2.83. The van der Waals surface area contributed by atoms with E-state index in [1.807, 2.05) is 0 Å². The summed E-state index contributed by atoms with van der Waals surface area (Å²) in [6.45, 7) is 2.76. The van der Waals surface area contributed by atoms with Gasteiger partial charge in [-0.2, -0.15) is 5.10 Å². The number of anilines is 1. The Morgan fingerprint density at radius 2 is 2.17 bits per heavy atom. The number of hydrogen-bond donors (Lipinski definition) is 1. The molecule has 1 N–H and O–H groups in total. The van der Waals surface area contributed by atoms with Gasteiger partial charge < -0.3 is 10.2 Å². The zero-order valence-electron chi connectivity index (χ0n) is 12.1. The van der Waals surface area contributed by atoms with Gasteiger partial charge in [-0.3, -0.25) is 9.59 Å². The highest BCUT2D eigenvalue weighted by Crippen LogP contribution is 2.27. The minimum absolute atomic E-state index is 0.280. The Morgan fingerprint density at radius 1 is 1.39 bits per heavy atom. The molecule has 0 unspecified atom stereocenters. The molecule has 23 heavy (non-hydrogen) atoms. The molecule has 0 aliphatic carbocycles. The summed E-state index contributed by atoms with van der Waals surface area (Å²) in [6, 6.07) is 5.33. The highest BCUT2D eigenvalue weighted by atomic mass is 19.1. The molecule has 1 fully saturated rings. The number of amides is 2. The third-order valence-corrected chi connectivity index (χ3v) is 3.50. The number of halogens is 1. The summed E-state index contributed by atoms with van der Waals surface area (Å²) in [7, 11) is 0. The molecule has 2 amide bonds. The number of nitrogens with one attached hydrogen (secondary N) is 1. The average Bonchev–Trinajstić information content (AvgIpc) is 3.00. The number of rotatable bonds is 4. The Labute approximate surface area is 131 Å². The smallest absolute Gasteiger partial charge is 0.265 e. The van der Waals surface area contributed by atoms with Crippen molar-refractivity contribution >= 4 is 17.5 Å². The molecule has 0 spiro atoms. The fourth-order valence-electron chi connectivity index (χ4n) is 2.23. The van der Waals surface area contributed by atoms with Crippen LogP contribution in [0, 0.1) is 0 Å². The van der Waals surface area contributed by atoms with E-state index in [9.17, 15) is 14.0 Å². The molecule has 0 saturated carbocycles. The number of likely N-dealkylation sites (tertiary alicyclic amines) is 1. The molecule has 8 heteroatoms.